The maximum Gasteiger partial charge on any atom is 0.466 e. The zero-order chi connectivity index (χ0) is 26.5. The van der Waals surface area contributed by atoms with E-state index in [1.165, 1.54) is 20.8 Å². The number of carbonyl (C=O) groups excluding carboxylic acids is 2. The molecule has 1 amide bonds. The minimum absolute atomic E-state index is 0.264. The standard InChI is InChI=1S/C17H24F7NO7S/c1-5-12(26)32-15(16(20,21)22,13(27)25(6-2)11(3)4)31-10-8-7-9-14(18,19)17(23,24)33(28,29)30/h5,11H,1,6-10H2,2-4H3,(H,28,29,30). The van der Waals surface area contributed by atoms with Gasteiger partial charge in [-0.3, -0.25) is 9.35 Å². The van der Waals surface area contributed by atoms with Gasteiger partial charge in [0, 0.05) is 25.1 Å². The van der Waals surface area contributed by atoms with Crippen LogP contribution in [0.3, 0.4) is 0 Å². The van der Waals surface area contributed by atoms with Gasteiger partial charge >= 0.3 is 45.1 Å². The third-order valence-electron chi connectivity index (χ3n) is 4.23. The Labute approximate surface area is 185 Å². The molecule has 1 unspecified atom stereocenters. The minimum atomic E-state index is -6.47. The van der Waals surface area contributed by atoms with Crippen molar-refractivity contribution in [1.29, 1.82) is 0 Å². The zero-order valence-corrected chi connectivity index (χ0v) is 18.6. The molecule has 33 heavy (non-hydrogen) atoms. The number of esters is 1. The van der Waals surface area contributed by atoms with E-state index in [1.54, 1.807) is 0 Å². The van der Waals surface area contributed by atoms with Gasteiger partial charge < -0.3 is 14.4 Å². The number of hydrogen-bond acceptors (Lipinski definition) is 6. The SMILES string of the molecule is C=CC(=O)OC(OCCCCC(F)(F)C(F)(F)S(=O)(=O)O)(C(=O)N(CC)C(C)C)C(F)(F)F. The van der Waals surface area contributed by atoms with Gasteiger partial charge in [0.15, 0.2) is 0 Å². The minimum Gasteiger partial charge on any atom is -0.412 e. The van der Waals surface area contributed by atoms with Gasteiger partial charge in [0.2, 0.25) is 0 Å². The first-order valence-corrected chi connectivity index (χ1v) is 10.8. The van der Waals surface area contributed by atoms with E-state index in [0.717, 1.165) is 0 Å². The van der Waals surface area contributed by atoms with Crippen LogP contribution in [0.4, 0.5) is 30.7 Å². The third kappa shape index (κ3) is 7.02. The molecular weight excluding hydrogens is 495 g/mol. The molecule has 0 heterocycles. The van der Waals surface area contributed by atoms with Gasteiger partial charge in [-0.25, -0.2) is 4.79 Å². The molecule has 1 N–H and O–H groups in total. The fraction of sp³-hybridized carbons (Fsp3) is 0.765. The molecule has 0 saturated carbocycles. The van der Waals surface area contributed by atoms with Crippen LogP contribution in [0.1, 0.15) is 40.0 Å². The highest BCUT2D eigenvalue weighted by atomic mass is 32.2. The molecule has 0 aliphatic rings. The highest BCUT2D eigenvalue weighted by Crippen LogP contribution is 2.42. The molecule has 0 aromatic rings. The third-order valence-corrected chi connectivity index (χ3v) is 5.18. The van der Waals surface area contributed by atoms with Gasteiger partial charge in [-0.1, -0.05) is 6.58 Å². The fourth-order valence-corrected chi connectivity index (χ4v) is 2.99. The molecule has 8 nitrogen and oxygen atoms in total. The second-order valence-electron chi connectivity index (χ2n) is 6.93. The largest absolute Gasteiger partial charge is 0.466 e. The lowest BCUT2D eigenvalue weighted by Gasteiger charge is -2.38. The Bertz CT molecular complexity index is 815. The highest BCUT2D eigenvalue weighted by molar-refractivity contribution is 7.87. The maximum atomic E-state index is 13.9. The number of unbranched alkanes of at least 4 members (excludes halogenated alkanes) is 1. The molecule has 194 valence electrons. The molecule has 0 aromatic heterocycles. The van der Waals surface area contributed by atoms with Gasteiger partial charge in [-0.15, -0.1) is 0 Å². The number of rotatable bonds is 13. The Hall–Kier alpha value is -1.94. The maximum absolute atomic E-state index is 13.9. The van der Waals surface area contributed by atoms with Crippen LogP contribution < -0.4 is 0 Å². The number of hydrogen-bond donors (Lipinski definition) is 1. The number of carbonyl (C=O) groups is 2. The molecular formula is C17H24F7NO7S. The van der Waals surface area contributed by atoms with Crippen molar-refractivity contribution in [3.8, 4) is 0 Å². The van der Waals surface area contributed by atoms with Crippen LogP contribution in [-0.4, -0.2) is 72.1 Å². The summed E-state index contributed by atoms with van der Waals surface area (Å²) in [6.07, 6.45) is -9.03. The Balaban J connectivity index is 5.71. The lowest BCUT2D eigenvalue weighted by atomic mass is 10.1. The molecule has 1 atom stereocenters. The van der Waals surface area contributed by atoms with Gasteiger partial charge in [0.1, 0.15) is 0 Å². The molecule has 0 fully saturated rings. The van der Waals surface area contributed by atoms with E-state index in [4.69, 9.17) is 4.55 Å². The summed E-state index contributed by atoms with van der Waals surface area (Å²) in [4.78, 5) is 24.8. The topological polar surface area (TPSA) is 110 Å². The summed E-state index contributed by atoms with van der Waals surface area (Å²) in [5.41, 5.74) is 0. The average molecular weight is 519 g/mol. The van der Waals surface area contributed by atoms with E-state index in [9.17, 15) is 48.7 Å². The summed E-state index contributed by atoms with van der Waals surface area (Å²) in [5.74, 6) is -13.0. The van der Waals surface area contributed by atoms with E-state index in [2.05, 4.69) is 16.1 Å². The number of ether oxygens (including phenoxy) is 2. The molecule has 0 aromatic carbocycles. The number of alkyl halides is 7. The molecule has 0 aliphatic carbocycles. The molecule has 0 spiro atoms. The summed E-state index contributed by atoms with van der Waals surface area (Å²) < 4.78 is 133. The van der Waals surface area contributed by atoms with Gasteiger partial charge in [-0.05, 0) is 33.6 Å². The Morgan fingerprint density at radius 1 is 1.09 bits per heavy atom. The second kappa shape index (κ2) is 11.0. The van der Waals surface area contributed by atoms with Gasteiger partial charge in [0.05, 0.1) is 6.61 Å². The number of amides is 1. The molecule has 0 saturated heterocycles. The van der Waals surface area contributed by atoms with E-state index in [-0.39, 0.29) is 6.54 Å². The molecule has 0 rings (SSSR count). The van der Waals surface area contributed by atoms with Crippen molar-refractivity contribution in [2.24, 2.45) is 0 Å². The van der Waals surface area contributed by atoms with Crippen molar-refractivity contribution in [3.05, 3.63) is 12.7 Å². The first kappa shape index (κ1) is 31.1. The van der Waals surface area contributed by atoms with Crippen molar-refractivity contribution in [2.45, 2.75) is 69.2 Å². The Morgan fingerprint density at radius 3 is 1.97 bits per heavy atom. The summed E-state index contributed by atoms with van der Waals surface area (Å²) >= 11 is 0. The average Bonchev–Trinajstić information content (AvgIpc) is 2.64. The van der Waals surface area contributed by atoms with Gasteiger partial charge in [-0.2, -0.15) is 39.2 Å². The predicted octanol–water partition coefficient (Wildman–Crippen LogP) is 3.53. The highest BCUT2D eigenvalue weighted by Gasteiger charge is 2.67. The van der Waals surface area contributed by atoms with Crippen LogP contribution in [-0.2, 0) is 29.2 Å². The number of nitrogens with zero attached hydrogens (tertiary/aromatic N) is 1. The normalized spacial score (nSPS) is 15.2. The first-order chi connectivity index (χ1) is 14.7. The summed E-state index contributed by atoms with van der Waals surface area (Å²) in [7, 11) is -6.47. The van der Waals surface area contributed by atoms with Gasteiger partial charge in [0.25, 0.3) is 0 Å². The fourth-order valence-electron chi connectivity index (χ4n) is 2.51. The van der Waals surface area contributed by atoms with Crippen LogP contribution >= 0.6 is 0 Å². The summed E-state index contributed by atoms with van der Waals surface area (Å²) in [6.45, 7) is 5.51. The Morgan fingerprint density at radius 2 is 1.61 bits per heavy atom. The summed E-state index contributed by atoms with van der Waals surface area (Å²) in [5, 5.41) is -5.84. The zero-order valence-electron chi connectivity index (χ0n) is 17.8. The monoisotopic (exact) mass is 519 g/mol. The molecule has 0 bridgehead atoms. The summed E-state index contributed by atoms with van der Waals surface area (Å²) in [6, 6.07) is -0.809. The van der Waals surface area contributed by atoms with Crippen LogP contribution in [0, 0.1) is 0 Å². The van der Waals surface area contributed by atoms with E-state index in [0.29, 0.717) is 11.0 Å². The molecule has 0 aliphatic heterocycles. The van der Waals surface area contributed by atoms with Crippen molar-refractivity contribution >= 4 is 22.0 Å². The van der Waals surface area contributed by atoms with Crippen LogP contribution in [0.15, 0.2) is 12.7 Å². The quantitative estimate of drug-likeness (QED) is 0.0990. The van der Waals surface area contributed by atoms with Crippen molar-refractivity contribution < 1.29 is 62.8 Å². The first-order valence-electron chi connectivity index (χ1n) is 9.31. The van der Waals surface area contributed by atoms with E-state index in [1.807, 2.05) is 0 Å². The van der Waals surface area contributed by atoms with Crippen LogP contribution in [0.5, 0.6) is 0 Å². The van der Waals surface area contributed by atoms with Crippen LogP contribution in [0.2, 0.25) is 0 Å². The van der Waals surface area contributed by atoms with E-state index >= 15 is 0 Å². The smallest absolute Gasteiger partial charge is 0.412 e. The second-order valence-corrected chi connectivity index (χ2v) is 8.39. The molecule has 16 heteroatoms. The van der Waals surface area contributed by atoms with Crippen LogP contribution in [0.25, 0.3) is 0 Å². The van der Waals surface area contributed by atoms with Crippen molar-refractivity contribution in [3.63, 3.8) is 0 Å². The Kier molecular flexibility index (Phi) is 10.3. The predicted molar refractivity (Wildman–Crippen MR) is 98.8 cm³/mol. The lowest BCUT2D eigenvalue weighted by molar-refractivity contribution is -0.350. The number of likely N-dealkylation sites (N-methyl/N-ethyl adjacent to an activating group) is 1. The van der Waals surface area contributed by atoms with E-state index < -0.39 is 77.0 Å². The van der Waals surface area contributed by atoms with Crippen molar-refractivity contribution in [1.82, 2.24) is 4.90 Å². The number of halogens is 7. The lowest BCUT2D eigenvalue weighted by Crippen LogP contribution is -2.63. The molecule has 0 radical (unpaired) electrons. The van der Waals surface area contributed by atoms with Crippen molar-refractivity contribution in [2.75, 3.05) is 13.2 Å².